The minimum atomic E-state index is -0.451. The summed E-state index contributed by atoms with van der Waals surface area (Å²) in [6.45, 7) is 2.73. The van der Waals surface area contributed by atoms with Gasteiger partial charge in [-0.05, 0) is 43.0 Å². The number of ether oxygens (including phenoxy) is 1. The van der Waals surface area contributed by atoms with Gasteiger partial charge in [0.25, 0.3) is 0 Å². The number of nitrogens with one attached hydrogen (secondary N) is 1. The molecule has 0 amide bonds. The number of fused-ring (bicyclic) bond motifs is 1. The van der Waals surface area contributed by atoms with E-state index in [-0.39, 0.29) is 5.84 Å². The van der Waals surface area contributed by atoms with Crippen LogP contribution in [-0.2, 0) is 16.0 Å². The monoisotopic (exact) mass is 323 g/mol. The Bertz CT molecular complexity index is 771. The summed E-state index contributed by atoms with van der Waals surface area (Å²) in [4.78, 5) is 14.2. The van der Waals surface area contributed by atoms with Gasteiger partial charge in [-0.1, -0.05) is 36.4 Å². The molecule has 2 aromatic carbocycles. The molecule has 1 heterocycles. The lowest BCUT2D eigenvalue weighted by Crippen LogP contribution is -2.41. The first kappa shape index (κ1) is 16.1. The number of hydrogen-bond donors (Lipinski definition) is 1. The Kier molecular flexibility index (Phi) is 4.79. The van der Waals surface area contributed by atoms with E-state index in [1.165, 1.54) is 12.7 Å². The number of rotatable bonds is 2. The Morgan fingerprint density at radius 3 is 2.71 bits per heavy atom. The molecular formula is C19H21N3O2. The van der Waals surface area contributed by atoms with E-state index in [0.717, 1.165) is 36.3 Å². The van der Waals surface area contributed by atoms with Gasteiger partial charge in [0.1, 0.15) is 0 Å². The molecule has 0 atom stereocenters. The van der Waals surface area contributed by atoms with Crippen LogP contribution < -0.4 is 10.3 Å². The van der Waals surface area contributed by atoms with Gasteiger partial charge in [-0.3, -0.25) is 5.43 Å². The summed E-state index contributed by atoms with van der Waals surface area (Å²) in [5.74, 6) is -0.180. The number of hydrazone groups is 1. The number of amidine groups is 1. The van der Waals surface area contributed by atoms with Crippen LogP contribution in [0.4, 0.5) is 11.4 Å². The standard InChI is InChI=1S/C19H21N3O2/c1-14-8-3-5-11-16(14)20-21-18(19(23)24-2)22-13-7-10-15-9-4-6-12-17(15)22/h3-6,8-9,11-12,20H,7,10,13H2,1-2H3/b21-18+. The molecule has 1 aliphatic rings. The molecule has 0 aromatic heterocycles. The van der Waals surface area contributed by atoms with Gasteiger partial charge in [-0.15, -0.1) is 5.10 Å². The largest absolute Gasteiger partial charge is 0.463 e. The zero-order valence-corrected chi connectivity index (χ0v) is 14.0. The third-order valence-electron chi connectivity index (χ3n) is 4.16. The number of anilines is 2. The summed E-state index contributed by atoms with van der Waals surface area (Å²) >= 11 is 0. The average molecular weight is 323 g/mol. The van der Waals surface area contributed by atoms with E-state index >= 15 is 0 Å². The molecule has 2 aromatic rings. The first-order chi connectivity index (χ1) is 11.7. The topological polar surface area (TPSA) is 53.9 Å². The van der Waals surface area contributed by atoms with Crippen molar-refractivity contribution in [3.63, 3.8) is 0 Å². The normalized spacial score (nSPS) is 14.1. The van der Waals surface area contributed by atoms with E-state index in [1.807, 2.05) is 54.3 Å². The number of aryl methyl sites for hydroxylation is 2. The van der Waals surface area contributed by atoms with Gasteiger partial charge in [-0.25, -0.2) is 4.79 Å². The summed E-state index contributed by atoms with van der Waals surface area (Å²) in [5, 5.41) is 4.37. The number of methoxy groups -OCH3 is 1. The summed E-state index contributed by atoms with van der Waals surface area (Å²) in [5.41, 5.74) is 7.16. The lowest BCUT2D eigenvalue weighted by atomic mass is 10.0. The second-order valence-corrected chi connectivity index (χ2v) is 5.74. The van der Waals surface area contributed by atoms with Crippen LogP contribution in [-0.4, -0.2) is 25.5 Å². The summed E-state index contributed by atoms with van der Waals surface area (Å²) in [6, 6.07) is 15.9. The first-order valence-electron chi connectivity index (χ1n) is 8.04. The minimum Gasteiger partial charge on any atom is -0.463 e. The van der Waals surface area contributed by atoms with E-state index in [4.69, 9.17) is 4.74 Å². The van der Waals surface area contributed by atoms with Crippen LogP contribution >= 0.6 is 0 Å². The SMILES string of the molecule is COC(=O)/C(=N\Nc1ccccc1C)N1CCCc2ccccc21. The van der Waals surface area contributed by atoms with Gasteiger partial charge in [0, 0.05) is 12.2 Å². The Labute approximate surface area is 141 Å². The highest BCUT2D eigenvalue weighted by Gasteiger charge is 2.26. The Morgan fingerprint density at radius 2 is 1.92 bits per heavy atom. The Morgan fingerprint density at radius 1 is 1.17 bits per heavy atom. The van der Waals surface area contributed by atoms with Gasteiger partial charge >= 0.3 is 5.97 Å². The second kappa shape index (κ2) is 7.17. The van der Waals surface area contributed by atoms with Crippen molar-refractivity contribution in [2.24, 2.45) is 5.10 Å². The number of benzene rings is 2. The van der Waals surface area contributed by atoms with E-state index in [1.54, 1.807) is 0 Å². The highest BCUT2D eigenvalue weighted by Crippen LogP contribution is 2.27. The van der Waals surface area contributed by atoms with Gasteiger partial charge in [0.2, 0.25) is 5.84 Å². The zero-order chi connectivity index (χ0) is 16.9. The van der Waals surface area contributed by atoms with Crippen LogP contribution in [0.5, 0.6) is 0 Å². The van der Waals surface area contributed by atoms with Crippen molar-refractivity contribution in [1.82, 2.24) is 0 Å². The number of carbonyl (C=O) groups is 1. The molecule has 0 saturated heterocycles. The van der Waals surface area contributed by atoms with Crippen LogP contribution in [0.1, 0.15) is 17.5 Å². The van der Waals surface area contributed by atoms with Gasteiger partial charge in [0.05, 0.1) is 12.8 Å². The molecule has 24 heavy (non-hydrogen) atoms. The molecule has 5 heteroatoms. The minimum absolute atomic E-state index is 0.271. The summed E-state index contributed by atoms with van der Waals surface area (Å²) in [7, 11) is 1.38. The molecule has 0 spiro atoms. The van der Waals surface area contributed by atoms with Crippen LogP contribution in [0.25, 0.3) is 0 Å². The molecule has 3 rings (SSSR count). The molecule has 1 aliphatic heterocycles. The summed E-state index contributed by atoms with van der Waals surface area (Å²) < 4.78 is 4.95. The molecule has 1 N–H and O–H groups in total. The Hall–Kier alpha value is -2.82. The van der Waals surface area contributed by atoms with Crippen molar-refractivity contribution >= 4 is 23.2 Å². The smallest absolute Gasteiger partial charge is 0.376 e. The molecule has 0 fully saturated rings. The predicted molar refractivity (Wildman–Crippen MR) is 96.4 cm³/mol. The van der Waals surface area contributed by atoms with Gasteiger partial charge in [-0.2, -0.15) is 0 Å². The van der Waals surface area contributed by atoms with E-state index in [2.05, 4.69) is 16.6 Å². The molecule has 124 valence electrons. The third-order valence-corrected chi connectivity index (χ3v) is 4.16. The maximum atomic E-state index is 12.3. The maximum Gasteiger partial charge on any atom is 0.376 e. The quantitative estimate of drug-likeness (QED) is 0.398. The van der Waals surface area contributed by atoms with E-state index in [0.29, 0.717) is 0 Å². The molecule has 0 unspecified atom stereocenters. The van der Waals surface area contributed by atoms with Gasteiger partial charge in [0.15, 0.2) is 0 Å². The van der Waals surface area contributed by atoms with E-state index in [9.17, 15) is 4.79 Å². The lowest BCUT2D eigenvalue weighted by Gasteiger charge is -2.30. The average Bonchev–Trinajstić information content (AvgIpc) is 2.63. The number of esters is 1. The van der Waals surface area contributed by atoms with Crippen molar-refractivity contribution in [2.75, 3.05) is 24.0 Å². The highest BCUT2D eigenvalue weighted by atomic mass is 16.5. The molecule has 0 aliphatic carbocycles. The molecule has 0 saturated carbocycles. The first-order valence-corrected chi connectivity index (χ1v) is 8.04. The van der Waals surface area contributed by atoms with Gasteiger partial charge < -0.3 is 9.64 Å². The summed E-state index contributed by atoms with van der Waals surface area (Å²) in [6.07, 6.45) is 1.98. The zero-order valence-electron chi connectivity index (χ0n) is 14.0. The number of para-hydroxylation sites is 2. The Balaban J connectivity index is 1.95. The van der Waals surface area contributed by atoms with Crippen LogP contribution in [0.2, 0.25) is 0 Å². The molecule has 0 bridgehead atoms. The maximum absolute atomic E-state index is 12.3. The highest BCUT2D eigenvalue weighted by molar-refractivity contribution is 6.41. The number of carbonyl (C=O) groups excluding carboxylic acids is 1. The van der Waals surface area contributed by atoms with Crippen molar-refractivity contribution in [1.29, 1.82) is 0 Å². The van der Waals surface area contributed by atoms with Crippen molar-refractivity contribution in [3.05, 3.63) is 59.7 Å². The fraction of sp³-hybridized carbons (Fsp3) is 0.263. The fourth-order valence-electron chi connectivity index (χ4n) is 2.87. The molecule has 5 nitrogen and oxygen atoms in total. The van der Waals surface area contributed by atoms with Crippen LogP contribution in [0.3, 0.4) is 0 Å². The van der Waals surface area contributed by atoms with Crippen molar-refractivity contribution < 1.29 is 9.53 Å². The van der Waals surface area contributed by atoms with Crippen molar-refractivity contribution in [3.8, 4) is 0 Å². The predicted octanol–water partition coefficient (Wildman–Crippen LogP) is 3.35. The molecule has 0 radical (unpaired) electrons. The van der Waals surface area contributed by atoms with Crippen LogP contribution in [0, 0.1) is 6.92 Å². The van der Waals surface area contributed by atoms with E-state index < -0.39 is 5.97 Å². The van der Waals surface area contributed by atoms with Crippen LogP contribution in [0.15, 0.2) is 53.6 Å². The number of nitrogens with zero attached hydrogens (tertiary/aromatic N) is 2. The lowest BCUT2D eigenvalue weighted by molar-refractivity contribution is -0.132. The fourth-order valence-corrected chi connectivity index (χ4v) is 2.87. The number of hydrogen-bond acceptors (Lipinski definition) is 4. The third kappa shape index (κ3) is 3.25. The second-order valence-electron chi connectivity index (χ2n) is 5.74. The van der Waals surface area contributed by atoms with Crippen molar-refractivity contribution in [2.45, 2.75) is 19.8 Å². The molecular weight excluding hydrogens is 302 g/mol.